The van der Waals surface area contributed by atoms with Crippen molar-refractivity contribution < 1.29 is 5.11 Å². The molecule has 3 nitrogen and oxygen atoms in total. The largest absolute Gasteiger partial charge is 0.785 e. The Hall–Kier alpha value is -0.120. The lowest BCUT2D eigenvalue weighted by atomic mass is 10.3. The van der Waals surface area contributed by atoms with Crippen LogP contribution in [0.4, 0.5) is 0 Å². The van der Waals surface area contributed by atoms with Crippen molar-refractivity contribution in [3.8, 4) is 0 Å². The Balaban J connectivity index is 1.94. The Kier molecular flexibility index (Phi) is 2.05. The van der Waals surface area contributed by atoms with E-state index in [0.29, 0.717) is 12.5 Å². The molecule has 0 radical (unpaired) electrons. The van der Waals surface area contributed by atoms with E-state index in [1.807, 2.05) is 0 Å². The van der Waals surface area contributed by atoms with Gasteiger partial charge in [-0.3, -0.25) is 0 Å². The Bertz CT molecular complexity index is 95.1. The Morgan fingerprint density at radius 1 is 1.78 bits per heavy atom. The molecule has 1 fully saturated rings. The monoisotopic (exact) mass is 130 g/mol. The summed E-state index contributed by atoms with van der Waals surface area (Å²) in [4.78, 5) is 0. The highest BCUT2D eigenvalue weighted by atomic mass is 16.5. The molecular formula is C6H12NO2-. The molecule has 0 aromatic rings. The van der Waals surface area contributed by atoms with Crippen LogP contribution in [0.5, 0.6) is 0 Å². The maximum atomic E-state index is 10.3. The SMILES string of the molecule is CN([O-])CCC1CC1O. The molecule has 1 aliphatic carbocycles. The van der Waals surface area contributed by atoms with Gasteiger partial charge in [-0.05, 0) is 32.4 Å². The average molecular weight is 130 g/mol. The lowest BCUT2D eigenvalue weighted by molar-refractivity contribution is 0.252. The molecule has 0 amide bonds. The summed E-state index contributed by atoms with van der Waals surface area (Å²) in [5.41, 5.74) is 0. The standard InChI is InChI=1S/C6H12NO2/c1-7(9)3-2-5-4-6(5)8/h5-6,8H,2-4H2,1H3/q-1. The van der Waals surface area contributed by atoms with Crippen LogP contribution in [0.25, 0.3) is 0 Å². The summed E-state index contributed by atoms with van der Waals surface area (Å²) < 4.78 is 0. The van der Waals surface area contributed by atoms with Crippen molar-refractivity contribution in [2.75, 3.05) is 13.6 Å². The van der Waals surface area contributed by atoms with Crippen LogP contribution in [0.1, 0.15) is 12.8 Å². The molecule has 9 heavy (non-hydrogen) atoms. The summed E-state index contributed by atoms with van der Waals surface area (Å²) in [6.45, 7) is 0.557. The number of hydroxylamine groups is 2. The van der Waals surface area contributed by atoms with Gasteiger partial charge in [0.25, 0.3) is 0 Å². The molecule has 1 aliphatic rings. The van der Waals surface area contributed by atoms with Crippen molar-refractivity contribution in [3.63, 3.8) is 0 Å². The smallest absolute Gasteiger partial charge is 0.0573 e. The van der Waals surface area contributed by atoms with Crippen LogP contribution in [0.15, 0.2) is 0 Å². The van der Waals surface area contributed by atoms with Gasteiger partial charge in [0.05, 0.1) is 6.10 Å². The summed E-state index contributed by atoms with van der Waals surface area (Å²) in [5, 5.41) is 20.0. The summed E-state index contributed by atoms with van der Waals surface area (Å²) in [6.07, 6.45) is 1.64. The highest BCUT2D eigenvalue weighted by Gasteiger charge is 2.33. The summed E-state index contributed by atoms with van der Waals surface area (Å²) >= 11 is 0. The van der Waals surface area contributed by atoms with E-state index in [0.717, 1.165) is 17.9 Å². The number of hydrogen-bond acceptors (Lipinski definition) is 3. The van der Waals surface area contributed by atoms with Gasteiger partial charge >= 0.3 is 0 Å². The second-order valence-electron chi connectivity index (χ2n) is 2.70. The van der Waals surface area contributed by atoms with Crippen molar-refractivity contribution in [2.24, 2.45) is 5.92 Å². The van der Waals surface area contributed by atoms with Gasteiger partial charge in [-0.2, -0.15) is 0 Å². The van der Waals surface area contributed by atoms with Crippen molar-refractivity contribution in [3.05, 3.63) is 5.21 Å². The second-order valence-corrected chi connectivity index (χ2v) is 2.70. The molecule has 0 aliphatic heterocycles. The van der Waals surface area contributed by atoms with Gasteiger partial charge in [-0.15, -0.1) is 0 Å². The predicted octanol–water partition coefficient (Wildman–Crippen LogP) is 0.187. The number of aliphatic hydroxyl groups excluding tert-OH is 1. The first-order chi connectivity index (χ1) is 4.20. The summed E-state index contributed by atoms with van der Waals surface area (Å²) in [5.74, 6) is 0.418. The summed E-state index contributed by atoms with van der Waals surface area (Å²) in [6, 6.07) is 0. The molecule has 1 saturated carbocycles. The minimum absolute atomic E-state index is 0.107. The van der Waals surface area contributed by atoms with E-state index in [1.165, 1.54) is 7.05 Å². The minimum atomic E-state index is -0.107. The number of rotatable bonds is 3. The van der Waals surface area contributed by atoms with Crippen LogP contribution < -0.4 is 0 Å². The van der Waals surface area contributed by atoms with E-state index < -0.39 is 0 Å². The molecule has 54 valence electrons. The molecule has 1 rings (SSSR count). The molecule has 0 spiro atoms. The highest BCUT2D eigenvalue weighted by Crippen LogP contribution is 2.32. The number of aliphatic hydroxyl groups is 1. The molecule has 0 bridgehead atoms. The molecule has 0 heterocycles. The third-order valence-corrected chi connectivity index (χ3v) is 1.70. The summed E-state index contributed by atoms with van der Waals surface area (Å²) in [7, 11) is 1.51. The molecule has 2 unspecified atom stereocenters. The molecule has 1 N–H and O–H groups in total. The maximum Gasteiger partial charge on any atom is 0.0573 e. The second kappa shape index (κ2) is 2.64. The zero-order valence-corrected chi connectivity index (χ0v) is 5.58. The fraction of sp³-hybridized carbons (Fsp3) is 1.00. The zero-order valence-electron chi connectivity index (χ0n) is 5.58. The Morgan fingerprint density at radius 2 is 2.33 bits per heavy atom. The van der Waals surface area contributed by atoms with Crippen LogP contribution in [0.3, 0.4) is 0 Å². The third-order valence-electron chi connectivity index (χ3n) is 1.70. The molecule has 0 aromatic carbocycles. The van der Waals surface area contributed by atoms with E-state index in [2.05, 4.69) is 0 Å². The number of hydrogen-bond donors (Lipinski definition) is 1. The lowest BCUT2D eigenvalue weighted by Crippen LogP contribution is -2.11. The van der Waals surface area contributed by atoms with Crippen LogP contribution in [0.2, 0.25) is 0 Å². The van der Waals surface area contributed by atoms with Crippen molar-refractivity contribution in [1.29, 1.82) is 0 Å². The highest BCUT2D eigenvalue weighted by molar-refractivity contribution is 4.85. The first-order valence-corrected chi connectivity index (χ1v) is 3.26. The average Bonchev–Trinajstić information content (AvgIpc) is 2.42. The lowest BCUT2D eigenvalue weighted by Gasteiger charge is -2.21. The van der Waals surface area contributed by atoms with Crippen LogP contribution >= 0.6 is 0 Å². The fourth-order valence-electron chi connectivity index (χ4n) is 0.889. The molecule has 0 saturated heterocycles. The van der Waals surface area contributed by atoms with E-state index in [-0.39, 0.29) is 6.10 Å². The quantitative estimate of drug-likeness (QED) is 0.554. The van der Waals surface area contributed by atoms with Crippen LogP contribution in [-0.2, 0) is 0 Å². The Labute approximate surface area is 54.9 Å². The van der Waals surface area contributed by atoms with E-state index in [9.17, 15) is 5.21 Å². The van der Waals surface area contributed by atoms with Gasteiger partial charge in [0.1, 0.15) is 0 Å². The van der Waals surface area contributed by atoms with Gasteiger partial charge in [-0.1, -0.05) is 0 Å². The fourth-order valence-corrected chi connectivity index (χ4v) is 0.889. The van der Waals surface area contributed by atoms with Crippen molar-refractivity contribution in [1.82, 2.24) is 5.06 Å². The van der Waals surface area contributed by atoms with Gasteiger partial charge in [0, 0.05) is 0 Å². The van der Waals surface area contributed by atoms with Gasteiger partial charge in [-0.25, -0.2) is 0 Å². The van der Waals surface area contributed by atoms with Gasteiger partial charge in [0.2, 0.25) is 0 Å². The Morgan fingerprint density at radius 3 is 2.67 bits per heavy atom. The number of nitrogens with zero attached hydrogens (tertiary/aromatic N) is 1. The van der Waals surface area contributed by atoms with Gasteiger partial charge in [0.15, 0.2) is 0 Å². The minimum Gasteiger partial charge on any atom is -0.785 e. The predicted molar refractivity (Wildman–Crippen MR) is 34.7 cm³/mol. The van der Waals surface area contributed by atoms with E-state index in [4.69, 9.17) is 5.11 Å². The van der Waals surface area contributed by atoms with E-state index >= 15 is 0 Å². The van der Waals surface area contributed by atoms with Crippen LogP contribution in [0, 0.1) is 11.1 Å². The first-order valence-electron chi connectivity index (χ1n) is 3.26. The molecule has 2 atom stereocenters. The van der Waals surface area contributed by atoms with Gasteiger partial charge < -0.3 is 15.4 Å². The van der Waals surface area contributed by atoms with Crippen molar-refractivity contribution >= 4 is 0 Å². The zero-order chi connectivity index (χ0) is 6.85. The first kappa shape index (κ1) is 6.99. The van der Waals surface area contributed by atoms with E-state index in [1.54, 1.807) is 0 Å². The normalized spacial score (nSPS) is 33.3. The molecular weight excluding hydrogens is 118 g/mol. The third kappa shape index (κ3) is 2.30. The maximum absolute atomic E-state index is 10.3. The van der Waals surface area contributed by atoms with Crippen molar-refractivity contribution in [2.45, 2.75) is 18.9 Å². The topological polar surface area (TPSA) is 46.5 Å². The molecule has 3 heteroatoms. The molecule has 0 aromatic heterocycles. The van der Waals surface area contributed by atoms with Crippen LogP contribution in [-0.4, -0.2) is 29.9 Å².